The first kappa shape index (κ1) is 22.0. The number of halogens is 1. The van der Waals surface area contributed by atoms with Crippen molar-refractivity contribution >= 4 is 0 Å². The molecule has 0 spiro atoms. The second-order valence-corrected chi connectivity index (χ2v) is 6.16. The van der Waals surface area contributed by atoms with E-state index < -0.39 is 0 Å². The maximum atomic E-state index is 2.40. The number of hydrogen-bond donors (Lipinski definition) is 0. The summed E-state index contributed by atoms with van der Waals surface area (Å²) in [6.07, 6.45) is 14.5. The van der Waals surface area contributed by atoms with Crippen LogP contribution < -0.4 is 24.0 Å². The number of hydrogen-bond acceptors (Lipinski definition) is 0. The summed E-state index contributed by atoms with van der Waals surface area (Å²) in [5.41, 5.74) is 0. The van der Waals surface area contributed by atoms with Gasteiger partial charge in [0.1, 0.15) is 0 Å². The van der Waals surface area contributed by atoms with Crippen molar-refractivity contribution in [2.24, 2.45) is 0 Å². The second kappa shape index (κ2) is 15.1. The zero-order chi connectivity index (χ0) is 13.7. The number of quaternary nitrogens is 1. The van der Waals surface area contributed by atoms with Gasteiger partial charge in [0.2, 0.25) is 0 Å². The second-order valence-electron chi connectivity index (χ2n) is 6.16. The molecular weight excluding hydrogens is 345 g/mol. The summed E-state index contributed by atoms with van der Waals surface area (Å²) in [5, 5.41) is 0. The Hall–Kier alpha value is 0.690. The normalized spacial score (nSPS) is 11.4. The SMILES string of the molecule is CCCCCCCCCCCC[N+](C)(CC)CC.[I-]. The summed E-state index contributed by atoms with van der Waals surface area (Å²) < 4.78 is 1.26. The van der Waals surface area contributed by atoms with Crippen molar-refractivity contribution in [3.05, 3.63) is 0 Å². The van der Waals surface area contributed by atoms with E-state index in [-0.39, 0.29) is 24.0 Å². The lowest BCUT2D eigenvalue weighted by Gasteiger charge is -2.32. The lowest BCUT2D eigenvalue weighted by atomic mass is 10.1. The summed E-state index contributed by atoms with van der Waals surface area (Å²) in [6.45, 7) is 10.9. The quantitative estimate of drug-likeness (QED) is 0.260. The van der Waals surface area contributed by atoms with Crippen LogP contribution in [0.25, 0.3) is 0 Å². The Morgan fingerprint density at radius 1 is 0.579 bits per heavy atom. The van der Waals surface area contributed by atoms with Crippen molar-refractivity contribution in [3.8, 4) is 0 Å². The minimum atomic E-state index is 0. The summed E-state index contributed by atoms with van der Waals surface area (Å²) in [6, 6.07) is 0. The fourth-order valence-corrected chi connectivity index (χ4v) is 2.52. The molecule has 0 saturated carbocycles. The molecule has 118 valence electrons. The predicted octanol–water partition coefficient (Wildman–Crippen LogP) is 2.40. The third-order valence-corrected chi connectivity index (χ3v) is 4.58. The average molecular weight is 383 g/mol. The van der Waals surface area contributed by atoms with Gasteiger partial charge in [-0.1, -0.05) is 58.3 Å². The van der Waals surface area contributed by atoms with Gasteiger partial charge >= 0.3 is 0 Å². The molecule has 0 atom stereocenters. The number of rotatable bonds is 13. The maximum absolute atomic E-state index is 2.40. The molecule has 0 amide bonds. The van der Waals surface area contributed by atoms with Crippen LogP contribution in [-0.4, -0.2) is 31.2 Å². The van der Waals surface area contributed by atoms with E-state index in [0.717, 1.165) is 0 Å². The van der Waals surface area contributed by atoms with Crippen LogP contribution in [0.1, 0.15) is 85.0 Å². The van der Waals surface area contributed by atoms with Crippen molar-refractivity contribution in [1.29, 1.82) is 0 Å². The summed E-state index contributed by atoms with van der Waals surface area (Å²) in [5.74, 6) is 0. The molecule has 0 rings (SSSR count). The van der Waals surface area contributed by atoms with Crippen molar-refractivity contribution in [1.82, 2.24) is 0 Å². The van der Waals surface area contributed by atoms with Gasteiger partial charge in [-0.2, -0.15) is 0 Å². The summed E-state index contributed by atoms with van der Waals surface area (Å²) >= 11 is 0. The van der Waals surface area contributed by atoms with E-state index in [1.807, 2.05) is 0 Å². The third kappa shape index (κ3) is 13.4. The van der Waals surface area contributed by atoms with Crippen LogP contribution >= 0.6 is 0 Å². The Kier molecular flexibility index (Phi) is 17.5. The molecule has 0 aliphatic heterocycles. The Morgan fingerprint density at radius 2 is 0.947 bits per heavy atom. The Labute approximate surface area is 140 Å². The highest BCUT2D eigenvalue weighted by molar-refractivity contribution is 4.47. The lowest BCUT2D eigenvalue weighted by molar-refractivity contribution is -0.906. The summed E-state index contributed by atoms with van der Waals surface area (Å²) in [4.78, 5) is 0. The van der Waals surface area contributed by atoms with E-state index >= 15 is 0 Å². The standard InChI is InChI=1S/C17H38N.HI/c1-5-8-9-10-11-12-13-14-15-16-17-18(4,6-2)7-3;/h5-17H2,1-4H3;1H/q+1;/p-1. The first-order valence-electron chi connectivity index (χ1n) is 8.52. The van der Waals surface area contributed by atoms with Crippen LogP contribution in [0.15, 0.2) is 0 Å². The minimum Gasteiger partial charge on any atom is -1.00 e. The molecule has 19 heavy (non-hydrogen) atoms. The van der Waals surface area contributed by atoms with Crippen LogP contribution in [0.2, 0.25) is 0 Å². The van der Waals surface area contributed by atoms with Crippen molar-refractivity contribution in [3.63, 3.8) is 0 Å². The van der Waals surface area contributed by atoms with E-state index in [0.29, 0.717) is 0 Å². The first-order valence-corrected chi connectivity index (χ1v) is 8.52. The van der Waals surface area contributed by atoms with Gasteiger partial charge in [-0.25, -0.2) is 0 Å². The minimum absolute atomic E-state index is 0. The molecule has 0 aliphatic rings. The van der Waals surface area contributed by atoms with E-state index in [1.54, 1.807) is 0 Å². The van der Waals surface area contributed by atoms with E-state index in [1.165, 1.54) is 88.3 Å². The first-order chi connectivity index (χ1) is 8.68. The molecular formula is C17H38IN. The van der Waals surface area contributed by atoms with Gasteiger partial charge in [-0.15, -0.1) is 0 Å². The molecule has 0 fully saturated rings. The van der Waals surface area contributed by atoms with Gasteiger partial charge in [0, 0.05) is 0 Å². The highest BCUT2D eigenvalue weighted by Crippen LogP contribution is 2.12. The molecule has 0 aliphatic carbocycles. The van der Waals surface area contributed by atoms with Crippen LogP contribution in [0, 0.1) is 0 Å². The molecule has 0 unspecified atom stereocenters. The monoisotopic (exact) mass is 383 g/mol. The zero-order valence-electron chi connectivity index (χ0n) is 14.0. The smallest absolute Gasteiger partial charge is 0.0784 e. The van der Waals surface area contributed by atoms with Gasteiger partial charge in [-0.3, -0.25) is 0 Å². The van der Waals surface area contributed by atoms with Gasteiger partial charge in [-0.05, 0) is 26.7 Å². The number of unbranched alkanes of at least 4 members (excludes halogenated alkanes) is 9. The van der Waals surface area contributed by atoms with Crippen LogP contribution in [-0.2, 0) is 0 Å². The zero-order valence-corrected chi connectivity index (χ0v) is 16.2. The fourth-order valence-electron chi connectivity index (χ4n) is 2.52. The van der Waals surface area contributed by atoms with Crippen molar-refractivity contribution < 1.29 is 28.5 Å². The van der Waals surface area contributed by atoms with Gasteiger partial charge in [0.05, 0.1) is 26.7 Å². The van der Waals surface area contributed by atoms with Crippen molar-refractivity contribution in [2.45, 2.75) is 85.0 Å². The Balaban J connectivity index is 0. The van der Waals surface area contributed by atoms with Gasteiger partial charge in [0.15, 0.2) is 0 Å². The topological polar surface area (TPSA) is 0 Å². The molecule has 0 aromatic rings. The van der Waals surface area contributed by atoms with Gasteiger partial charge < -0.3 is 28.5 Å². The van der Waals surface area contributed by atoms with Crippen LogP contribution in [0.3, 0.4) is 0 Å². The van der Waals surface area contributed by atoms with Gasteiger partial charge in [0.25, 0.3) is 0 Å². The molecule has 0 heterocycles. The van der Waals surface area contributed by atoms with Crippen LogP contribution in [0.4, 0.5) is 0 Å². The molecule has 0 aromatic heterocycles. The Morgan fingerprint density at radius 3 is 1.32 bits per heavy atom. The van der Waals surface area contributed by atoms with Crippen molar-refractivity contribution in [2.75, 3.05) is 26.7 Å². The van der Waals surface area contributed by atoms with E-state index in [2.05, 4.69) is 27.8 Å². The van der Waals surface area contributed by atoms with E-state index in [9.17, 15) is 0 Å². The molecule has 0 N–H and O–H groups in total. The molecule has 2 heteroatoms. The maximum Gasteiger partial charge on any atom is 0.0784 e. The molecule has 1 nitrogen and oxygen atoms in total. The van der Waals surface area contributed by atoms with Crippen LogP contribution in [0.5, 0.6) is 0 Å². The average Bonchev–Trinajstić information content (AvgIpc) is 2.40. The largest absolute Gasteiger partial charge is 1.00 e. The fraction of sp³-hybridized carbons (Fsp3) is 1.00. The predicted molar refractivity (Wildman–Crippen MR) is 84.0 cm³/mol. The number of nitrogens with zero attached hydrogens (tertiary/aromatic N) is 1. The molecule has 0 aromatic carbocycles. The highest BCUT2D eigenvalue weighted by Gasteiger charge is 2.14. The molecule has 0 radical (unpaired) electrons. The highest BCUT2D eigenvalue weighted by atomic mass is 127. The third-order valence-electron chi connectivity index (χ3n) is 4.58. The van der Waals surface area contributed by atoms with E-state index in [4.69, 9.17) is 0 Å². The molecule has 0 saturated heterocycles. The summed E-state index contributed by atoms with van der Waals surface area (Å²) in [7, 11) is 2.40. The molecule has 0 bridgehead atoms. The Bertz CT molecular complexity index is 167. The lowest BCUT2D eigenvalue weighted by Crippen LogP contribution is -3.00.